The van der Waals surface area contributed by atoms with Crippen LogP contribution in [0.5, 0.6) is 11.5 Å². The lowest BCUT2D eigenvalue weighted by Gasteiger charge is -2.15. The fraction of sp³-hybridized carbons (Fsp3) is 0.500. The maximum atomic E-state index is 12.2. The highest BCUT2D eigenvalue weighted by atomic mass is 16.5. The number of hydrogen-bond donors (Lipinski definition) is 2. The minimum absolute atomic E-state index is 0.0747. The number of aliphatic carboxylic acids is 1. The van der Waals surface area contributed by atoms with Gasteiger partial charge in [0.25, 0.3) is 0 Å². The average Bonchev–Trinajstić information content (AvgIpc) is 2.96. The number of rotatable bonds is 6. The van der Waals surface area contributed by atoms with Crippen molar-refractivity contribution in [2.75, 3.05) is 14.2 Å². The molecule has 2 atom stereocenters. The zero-order valence-corrected chi connectivity index (χ0v) is 12.8. The van der Waals surface area contributed by atoms with Gasteiger partial charge in [0.2, 0.25) is 5.91 Å². The summed E-state index contributed by atoms with van der Waals surface area (Å²) >= 11 is 0. The minimum Gasteiger partial charge on any atom is -0.496 e. The molecule has 0 bridgehead atoms. The molecule has 1 aliphatic carbocycles. The quantitative estimate of drug-likeness (QED) is 0.834. The third kappa shape index (κ3) is 3.69. The molecule has 0 unspecified atom stereocenters. The molecule has 2 N–H and O–H groups in total. The average molecular weight is 307 g/mol. The molecule has 120 valence electrons. The number of carboxylic acids is 1. The fourth-order valence-corrected chi connectivity index (χ4v) is 2.88. The van der Waals surface area contributed by atoms with Crippen LogP contribution in [0.2, 0.25) is 0 Å². The van der Waals surface area contributed by atoms with Crippen LogP contribution in [-0.2, 0) is 16.0 Å². The number of carbonyl (C=O) groups excluding carboxylic acids is 1. The monoisotopic (exact) mass is 307 g/mol. The summed E-state index contributed by atoms with van der Waals surface area (Å²) in [6.45, 7) is 0. The minimum atomic E-state index is -0.789. The number of hydrogen-bond acceptors (Lipinski definition) is 4. The summed E-state index contributed by atoms with van der Waals surface area (Å²) in [4.78, 5) is 23.2. The molecule has 1 aromatic carbocycles. The standard InChI is InChI=1S/C16H21NO5/c1-21-13-4-3-5-14(22-2)12(13)9-15(18)17-11-7-6-10(8-11)16(19)20/h3-5,10-11H,6-9H2,1-2H3,(H,17,18)(H,19,20)/t10-,11+/m0/s1. The van der Waals surface area contributed by atoms with Crippen molar-refractivity contribution >= 4 is 11.9 Å². The summed E-state index contributed by atoms with van der Waals surface area (Å²) in [5.41, 5.74) is 0.692. The molecule has 2 rings (SSSR count). The molecule has 1 aliphatic rings. The molecule has 0 heterocycles. The van der Waals surface area contributed by atoms with Gasteiger partial charge in [-0.15, -0.1) is 0 Å². The molecule has 22 heavy (non-hydrogen) atoms. The number of methoxy groups -OCH3 is 2. The summed E-state index contributed by atoms with van der Waals surface area (Å²) < 4.78 is 10.5. The van der Waals surface area contributed by atoms with Gasteiger partial charge in [-0.3, -0.25) is 9.59 Å². The predicted octanol–water partition coefficient (Wildman–Crippen LogP) is 1.62. The molecule has 0 aromatic heterocycles. The molecule has 6 heteroatoms. The highest BCUT2D eigenvalue weighted by Gasteiger charge is 2.30. The molecular formula is C16H21NO5. The fourth-order valence-electron chi connectivity index (χ4n) is 2.88. The van der Waals surface area contributed by atoms with Crippen LogP contribution >= 0.6 is 0 Å². The first-order valence-electron chi connectivity index (χ1n) is 7.27. The van der Waals surface area contributed by atoms with Crippen LogP contribution in [0.15, 0.2) is 18.2 Å². The second-order valence-electron chi connectivity index (χ2n) is 5.43. The Kier molecular flexibility index (Phi) is 5.25. The van der Waals surface area contributed by atoms with Crippen LogP contribution < -0.4 is 14.8 Å². The van der Waals surface area contributed by atoms with Crippen molar-refractivity contribution in [1.82, 2.24) is 5.32 Å². The number of ether oxygens (including phenoxy) is 2. The summed E-state index contributed by atoms with van der Waals surface area (Å²) in [6, 6.07) is 5.28. The van der Waals surface area contributed by atoms with Gasteiger partial charge in [0.15, 0.2) is 0 Å². The van der Waals surface area contributed by atoms with Crippen molar-refractivity contribution in [1.29, 1.82) is 0 Å². The third-order valence-corrected chi connectivity index (χ3v) is 4.01. The Labute approximate surface area is 129 Å². The van der Waals surface area contributed by atoms with E-state index in [1.165, 1.54) is 0 Å². The highest BCUT2D eigenvalue weighted by Crippen LogP contribution is 2.29. The summed E-state index contributed by atoms with van der Waals surface area (Å²) in [7, 11) is 3.09. The lowest BCUT2D eigenvalue weighted by molar-refractivity contribution is -0.141. The maximum Gasteiger partial charge on any atom is 0.306 e. The first-order valence-corrected chi connectivity index (χ1v) is 7.27. The molecule has 1 fully saturated rings. The van der Waals surface area contributed by atoms with Crippen molar-refractivity contribution in [2.45, 2.75) is 31.7 Å². The Bertz CT molecular complexity index is 535. The Morgan fingerprint density at radius 1 is 1.23 bits per heavy atom. The van der Waals surface area contributed by atoms with Gasteiger partial charge in [0, 0.05) is 11.6 Å². The van der Waals surface area contributed by atoms with Crippen LogP contribution in [0.25, 0.3) is 0 Å². The number of benzene rings is 1. The number of carboxylic acid groups (broad SMARTS) is 1. The van der Waals surface area contributed by atoms with Crippen LogP contribution in [0.4, 0.5) is 0 Å². The van der Waals surface area contributed by atoms with E-state index in [0.717, 1.165) is 0 Å². The number of amides is 1. The summed E-state index contributed by atoms with van der Waals surface area (Å²) in [5, 5.41) is 11.9. The second kappa shape index (κ2) is 7.15. The molecule has 1 amide bonds. The van der Waals surface area contributed by atoms with Gasteiger partial charge >= 0.3 is 5.97 Å². The summed E-state index contributed by atoms with van der Waals surface area (Å²) in [6.07, 6.45) is 1.94. The van der Waals surface area contributed by atoms with E-state index in [1.807, 2.05) is 0 Å². The SMILES string of the molecule is COc1cccc(OC)c1CC(=O)N[C@@H]1CC[C@H](C(=O)O)C1. The lowest BCUT2D eigenvalue weighted by Crippen LogP contribution is -2.34. The number of carbonyl (C=O) groups is 2. The Morgan fingerprint density at radius 3 is 2.36 bits per heavy atom. The number of nitrogens with one attached hydrogen (secondary N) is 1. The Balaban J connectivity index is 2.00. The topological polar surface area (TPSA) is 84.9 Å². The van der Waals surface area contributed by atoms with E-state index in [9.17, 15) is 9.59 Å². The smallest absolute Gasteiger partial charge is 0.306 e. The zero-order valence-electron chi connectivity index (χ0n) is 12.8. The highest BCUT2D eigenvalue weighted by molar-refractivity contribution is 5.81. The van der Waals surface area contributed by atoms with Gasteiger partial charge < -0.3 is 19.9 Å². The summed E-state index contributed by atoms with van der Waals surface area (Å²) in [5.74, 6) is -0.0956. The van der Waals surface area contributed by atoms with Crippen LogP contribution in [0.3, 0.4) is 0 Å². The van der Waals surface area contributed by atoms with Crippen molar-refractivity contribution in [3.8, 4) is 11.5 Å². The Hall–Kier alpha value is -2.24. The van der Waals surface area contributed by atoms with E-state index in [0.29, 0.717) is 36.3 Å². The van der Waals surface area contributed by atoms with Gasteiger partial charge in [-0.1, -0.05) is 6.07 Å². The van der Waals surface area contributed by atoms with E-state index in [-0.39, 0.29) is 24.3 Å². The van der Waals surface area contributed by atoms with E-state index < -0.39 is 5.97 Å². The molecule has 6 nitrogen and oxygen atoms in total. The molecular weight excluding hydrogens is 286 g/mol. The van der Waals surface area contributed by atoms with Gasteiger partial charge in [-0.05, 0) is 31.4 Å². The van der Waals surface area contributed by atoms with E-state index in [4.69, 9.17) is 14.6 Å². The first-order chi connectivity index (χ1) is 10.5. The Morgan fingerprint density at radius 2 is 1.86 bits per heavy atom. The van der Waals surface area contributed by atoms with E-state index >= 15 is 0 Å². The molecule has 0 radical (unpaired) electrons. The normalized spacial score (nSPS) is 20.5. The molecule has 1 saturated carbocycles. The lowest BCUT2D eigenvalue weighted by atomic mass is 10.1. The second-order valence-corrected chi connectivity index (χ2v) is 5.43. The van der Waals surface area contributed by atoms with E-state index in [2.05, 4.69) is 5.32 Å². The van der Waals surface area contributed by atoms with Gasteiger partial charge in [0.1, 0.15) is 11.5 Å². The van der Waals surface area contributed by atoms with Gasteiger partial charge in [-0.25, -0.2) is 0 Å². The van der Waals surface area contributed by atoms with Crippen LogP contribution in [0, 0.1) is 5.92 Å². The van der Waals surface area contributed by atoms with E-state index in [1.54, 1.807) is 32.4 Å². The zero-order chi connectivity index (χ0) is 16.1. The van der Waals surface area contributed by atoms with Crippen LogP contribution in [0.1, 0.15) is 24.8 Å². The predicted molar refractivity (Wildman–Crippen MR) is 80.2 cm³/mol. The molecule has 0 spiro atoms. The largest absolute Gasteiger partial charge is 0.496 e. The third-order valence-electron chi connectivity index (χ3n) is 4.01. The van der Waals surface area contributed by atoms with Crippen molar-refractivity contribution in [2.24, 2.45) is 5.92 Å². The van der Waals surface area contributed by atoms with Gasteiger partial charge in [0.05, 0.1) is 26.6 Å². The molecule has 1 aromatic rings. The van der Waals surface area contributed by atoms with Crippen molar-refractivity contribution in [3.63, 3.8) is 0 Å². The van der Waals surface area contributed by atoms with Crippen molar-refractivity contribution < 1.29 is 24.2 Å². The molecule has 0 aliphatic heterocycles. The first kappa shape index (κ1) is 16.1. The molecule has 0 saturated heterocycles. The maximum absolute atomic E-state index is 12.2. The van der Waals surface area contributed by atoms with Crippen molar-refractivity contribution in [3.05, 3.63) is 23.8 Å². The van der Waals surface area contributed by atoms with Gasteiger partial charge in [-0.2, -0.15) is 0 Å². The van der Waals surface area contributed by atoms with Crippen LogP contribution in [-0.4, -0.2) is 37.2 Å².